The lowest BCUT2D eigenvalue weighted by Gasteiger charge is -2.31. The Hall–Kier alpha value is -3.36. The lowest BCUT2D eigenvalue weighted by atomic mass is 10.0. The van der Waals surface area contributed by atoms with E-state index in [-0.39, 0.29) is 21.2 Å². The number of esters is 1. The fraction of sp³-hybridized carbons (Fsp3) is 0.130. The number of carbonyl (C=O) groups excluding carboxylic acids is 2. The van der Waals surface area contributed by atoms with Crippen LogP contribution in [0.25, 0.3) is 11.1 Å². The van der Waals surface area contributed by atoms with Gasteiger partial charge in [0.05, 0.1) is 34.0 Å². The van der Waals surface area contributed by atoms with Crippen LogP contribution in [0.4, 0.5) is 11.4 Å². The van der Waals surface area contributed by atoms with Gasteiger partial charge in [-0.2, -0.15) is 0 Å². The highest BCUT2D eigenvalue weighted by molar-refractivity contribution is 7.93. The summed E-state index contributed by atoms with van der Waals surface area (Å²) in [6.45, 7) is 1.45. The predicted octanol–water partition coefficient (Wildman–Crippen LogP) is 4.25. The first-order valence-electron chi connectivity index (χ1n) is 9.63. The molecular formula is C23H19ClN2O5S. The monoisotopic (exact) mass is 470 g/mol. The fourth-order valence-corrected chi connectivity index (χ4v) is 5.42. The number of carbonyl (C=O) groups is 2. The molecule has 1 N–H and O–H groups in total. The molecule has 3 aromatic rings. The molecule has 0 atom stereocenters. The SMILES string of the molecule is COC(=O)c1ccc(Cl)c(NC(=O)CN2c3ccc(C)cc3-c3ccccc3S2(=O)=O)c1. The number of sulfonamides is 1. The fourth-order valence-electron chi connectivity index (χ4n) is 3.60. The van der Waals surface area contributed by atoms with Crippen LogP contribution in [0.1, 0.15) is 15.9 Å². The second-order valence-electron chi connectivity index (χ2n) is 7.26. The van der Waals surface area contributed by atoms with Crippen molar-refractivity contribution in [2.45, 2.75) is 11.8 Å². The molecule has 0 saturated heterocycles. The second kappa shape index (κ2) is 8.29. The minimum atomic E-state index is -3.97. The summed E-state index contributed by atoms with van der Waals surface area (Å²) in [4.78, 5) is 24.8. The number of amides is 1. The van der Waals surface area contributed by atoms with Crippen LogP contribution in [0.3, 0.4) is 0 Å². The summed E-state index contributed by atoms with van der Waals surface area (Å²) >= 11 is 6.15. The van der Waals surface area contributed by atoms with Crippen molar-refractivity contribution in [3.05, 3.63) is 76.8 Å². The van der Waals surface area contributed by atoms with Crippen LogP contribution in [-0.4, -0.2) is 33.9 Å². The molecule has 0 fully saturated rings. The summed E-state index contributed by atoms with van der Waals surface area (Å²) in [5.74, 6) is -1.19. The number of fused-ring (bicyclic) bond motifs is 3. The van der Waals surface area contributed by atoms with E-state index in [4.69, 9.17) is 11.6 Å². The van der Waals surface area contributed by atoms with Gasteiger partial charge < -0.3 is 10.1 Å². The number of nitrogens with one attached hydrogen (secondary N) is 1. The molecule has 1 heterocycles. The third-order valence-corrected chi connectivity index (χ3v) is 7.26. The lowest BCUT2D eigenvalue weighted by Crippen LogP contribution is -2.40. The number of anilines is 2. The zero-order valence-corrected chi connectivity index (χ0v) is 18.8. The average Bonchev–Trinajstić information content (AvgIpc) is 2.78. The molecule has 0 aliphatic carbocycles. The lowest BCUT2D eigenvalue weighted by molar-refractivity contribution is -0.114. The number of aryl methyl sites for hydroxylation is 1. The molecule has 0 bridgehead atoms. The van der Waals surface area contributed by atoms with E-state index in [1.807, 2.05) is 13.0 Å². The Labute approximate surface area is 190 Å². The molecule has 0 spiro atoms. The van der Waals surface area contributed by atoms with Crippen molar-refractivity contribution in [1.82, 2.24) is 0 Å². The Morgan fingerprint density at radius 3 is 2.53 bits per heavy atom. The highest BCUT2D eigenvalue weighted by Crippen LogP contribution is 2.43. The zero-order valence-electron chi connectivity index (χ0n) is 17.3. The van der Waals surface area contributed by atoms with E-state index in [9.17, 15) is 18.0 Å². The molecule has 4 rings (SSSR count). The van der Waals surface area contributed by atoms with E-state index in [1.165, 1.54) is 31.4 Å². The van der Waals surface area contributed by atoms with Crippen LogP contribution in [0.5, 0.6) is 0 Å². The van der Waals surface area contributed by atoms with Gasteiger partial charge in [-0.3, -0.25) is 9.10 Å². The van der Waals surface area contributed by atoms with Crippen LogP contribution in [0, 0.1) is 6.92 Å². The van der Waals surface area contributed by atoms with E-state index < -0.39 is 28.4 Å². The molecule has 0 unspecified atom stereocenters. The smallest absolute Gasteiger partial charge is 0.337 e. The van der Waals surface area contributed by atoms with Gasteiger partial charge in [0, 0.05) is 11.1 Å². The van der Waals surface area contributed by atoms with Crippen molar-refractivity contribution >= 4 is 44.9 Å². The summed E-state index contributed by atoms with van der Waals surface area (Å²) in [7, 11) is -2.72. The topological polar surface area (TPSA) is 92.8 Å². The van der Waals surface area contributed by atoms with Gasteiger partial charge in [-0.1, -0.05) is 41.4 Å². The maximum absolute atomic E-state index is 13.3. The summed E-state index contributed by atoms with van der Waals surface area (Å²) in [5.41, 5.74) is 3.09. The number of benzene rings is 3. The molecule has 32 heavy (non-hydrogen) atoms. The number of hydrogen-bond acceptors (Lipinski definition) is 5. The molecule has 9 heteroatoms. The number of ether oxygens (including phenoxy) is 1. The Morgan fingerprint density at radius 2 is 1.78 bits per heavy atom. The maximum Gasteiger partial charge on any atom is 0.337 e. The van der Waals surface area contributed by atoms with Gasteiger partial charge in [0.25, 0.3) is 10.0 Å². The van der Waals surface area contributed by atoms with Crippen LogP contribution < -0.4 is 9.62 Å². The van der Waals surface area contributed by atoms with E-state index in [2.05, 4.69) is 10.1 Å². The number of methoxy groups -OCH3 is 1. The summed E-state index contributed by atoms with van der Waals surface area (Å²) in [6.07, 6.45) is 0. The van der Waals surface area contributed by atoms with E-state index in [0.29, 0.717) is 11.3 Å². The molecule has 0 aromatic heterocycles. The minimum Gasteiger partial charge on any atom is -0.465 e. The Balaban J connectivity index is 1.69. The van der Waals surface area contributed by atoms with Crippen molar-refractivity contribution in [2.24, 2.45) is 0 Å². The van der Waals surface area contributed by atoms with E-state index in [1.54, 1.807) is 30.3 Å². The molecule has 1 aliphatic heterocycles. The summed E-state index contributed by atoms with van der Waals surface area (Å²) in [5, 5.41) is 2.80. The third-order valence-electron chi connectivity index (χ3n) is 5.11. The molecular weight excluding hydrogens is 452 g/mol. The molecule has 3 aromatic carbocycles. The number of nitrogens with zero attached hydrogens (tertiary/aromatic N) is 1. The van der Waals surface area contributed by atoms with Gasteiger partial charge in [-0.05, 0) is 43.3 Å². The second-order valence-corrected chi connectivity index (χ2v) is 9.50. The van der Waals surface area contributed by atoms with Gasteiger partial charge in [0.15, 0.2) is 0 Å². The van der Waals surface area contributed by atoms with Crippen molar-refractivity contribution in [3.63, 3.8) is 0 Å². The number of halogens is 1. The Bertz CT molecular complexity index is 1350. The Morgan fingerprint density at radius 1 is 1.03 bits per heavy atom. The minimum absolute atomic E-state index is 0.136. The maximum atomic E-state index is 13.3. The first kappa shape index (κ1) is 21.9. The summed E-state index contributed by atoms with van der Waals surface area (Å²) < 4.78 is 32.5. The van der Waals surface area contributed by atoms with Crippen LogP contribution in [-0.2, 0) is 19.6 Å². The first-order valence-corrected chi connectivity index (χ1v) is 11.4. The van der Waals surface area contributed by atoms with Gasteiger partial charge in [0.1, 0.15) is 6.54 Å². The highest BCUT2D eigenvalue weighted by atomic mass is 35.5. The summed E-state index contributed by atoms with van der Waals surface area (Å²) in [6, 6.07) is 16.4. The number of hydrogen-bond donors (Lipinski definition) is 1. The molecule has 1 amide bonds. The van der Waals surface area contributed by atoms with Gasteiger partial charge in [0.2, 0.25) is 5.91 Å². The van der Waals surface area contributed by atoms with Gasteiger partial charge >= 0.3 is 5.97 Å². The van der Waals surface area contributed by atoms with E-state index >= 15 is 0 Å². The quantitative estimate of drug-likeness (QED) is 0.575. The van der Waals surface area contributed by atoms with Crippen molar-refractivity contribution in [3.8, 4) is 11.1 Å². The van der Waals surface area contributed by atoms with Crippen molar-refractivity contribution < 1.29 is 22.7 Å². The average molecular weight is 471 g/mol. The van der Waals surface area contributed by atoms with E-state index in [0.717, 1.165) is 15.4 Å². The Kier molecular flexibility index (Phi) is 5.66. The van der Waals surface area contributed by atoms with Crippen LogP contribution in [0.2, 0.25) is 5.02 Å². The largest absolute Gasteiger partial charge is 0.465 e. The zero-order chi connectivity index (χ0) is 23.0. The molecule has 7 nitrogen and oxygen atoms in total. The standard InChI is InChI=1S/C23H19ClN2O5S/c1-14-7-10-20-17(11-14)16-5-3-4-6-21(16)32(29,30)26(20)13-22(27)25-19-12-15(23(28)31-2)8-9-18(19)24/h3-12H,13H2,1-2H3,(H,25,27). The van der Waals surface area contributed by atoms with Crippen molar-refractivity contribution in [1.29, 1.82) is 0 Å². The third kappa shape index (κ3) is 3.83. The highest BCUT2D eigenvalue weighted by Gasteiger charge is 2.35. The molecule has 164 valence electrons. The first-order chi connectivity index (χ1) is 15.2. The molecule has 0 saturated carbocycles. The van der Waals surface area contributed by atoms with Crippen LogP contribution in [0.15, 0.2) is 65.6 Å². The molecule has 1 aliphatic rings. The van der Waals surface area contributed by atoms with Gasteiger partial charge in [-0.25, -0.2) is 13.2 Å². The van der Waals surface area contributed by atoms with Crippen LogP contribution >= 0.6 is 11.6 Å². The van der Waals surface area contributed by atoms with Gasteiger partial charge in [-0.15, -0.1) is 0 Å². The number of rotatable bonds is 4. The predicted molar refractivity (Wildman–Crippen MR) is 123 cm³/mol. The molecule has 0 radical (unpaired) electrons. The van der Waals surface area contributed by atoms with Crippen molar-refractivity contribution in [2.75, 3.05) is 23.3 Å². The normalized spacial score (nSPS) is 13.7.